The minimum absolute atomic E-state index is 0.270. The summed E-state index contributed by atoms with van der Waals surface area (Å²) in [6, 6.07) is 8.44. The molecule has 0 spiro atoms. The van der Waals surface area contributed by atoms with Gasteiger partial charge in [0.05, 0.1) is 7.11 Å². The molecule has 106 valence electrons. The standard InChI is InChI=1S/C17H19FO2/c1-10-5-7-14(17(20-4)12(10)3)16(19)13-6-8-15(18)11(2)9-13/h5-9,16,19H,1-4H3. The topological polar surface area (TPSA) is 29.5 Å². The lowest BCUT2D eigenvalue weighted by Gasteiger charge is -2.18. The largest absolute Gasteiger partial charge is 0.496 e. The van der Waals surface area contributed by atoms with Crippen molar-refractivity contribution in [2.24, 2.45) is 0 Å². The van der Waals surface area contributed by atoms with Gasteiger partial charge in [-0.05, 0) is 49.1 Å². The van der Waals surface area contributed by atoms with E-state index in [4.69, 9.17) is 4.74 Å². The molecule has 0 amide bonds. The molecule has 0 aliphatic carbocycles. The average Bonchev–Trinajstić information content (AvgIpc) is 2.44. The zero-order chi connectivity index (χ0) is 14.9. The Bertz CT molecular complexity index is 635. The van der Waals surface area contributed by atoms with Gasteiger partial charge in [-0.1, -0.05) is 24.3 Å². The minimum atomic E-state index is -0.830. The van der Waals surface area contributed by atoms with Crippen molar-refractivity contribution in [3.8, 4) is 5.75 Å². The number of aliphatic hydroxyl groups is 1. The summed E-state index contributed by atoms with van der Waals surface area (Å²) in [5.41, 5.74) is 3.98. The molecule has 1 N–H and O–H groups in total. The zero-order valence-corrected chi connectivity index (χ0v) is 12.2. The summed E-state index contributed by atoms with van der Waals surface area (Å²) in [6.45, 7) is 5.64. The van der Waals surface area contributed by atoms with Gasteiger partial charge in [0.15, 0.2) is 0 Å². The first-order chi connectivity index (χ1) is 9.45. The quantitative estimate of drug-likeness (QED) is 0.921. The molecule has 0 aliphatic heterocycles. The molecular formula is C17H19FO2. The van der Waals surface area contributed by atoms with Gasteiger partial charge in [-0.25, -0.2) is 4.39 Å². The Hall–Kier alpha value is -1.87. The number of aliphatic hydroxyl groups excluding tert-OH is 1. The number of hydrogen-bond donors (Lipinski definition) is 1. The van der Waals surface area contributed by atoms with Crippen LogP contribution in [0.3, 0.4) is 0 Å². The highest BCUT2D eigenvalue weighted by molar-refractivity contribution is 5.49. The third-order valence-electron chi connectivity index (χ3n) is 3.70. The van der Waals surface area contributed by atoms with Crippen molar-refractivity contribution in [3.05, 3.63) is 64.0 Å². The lowest BCUT2D eigenvalue weighted by Crippen LogP contribution is -2.05. The first-order valence-corrected chi connectivity index (χ1v) is 6.54. The van der Waals surface area contributed by atoms with Crippen molar-refractivity contribution >= 4 is 0 Å². The molecule has 1 atom stereocenters. The molecule has 0 radical (unpaired) electrons. The van der Waals surface area contributed by atoms with Crippen molar-refractivity contribution in [2.75, 3.05) is 7.11 Å². The molecule has 0 aromatic heterocycles. The maximum Gasteiger partial charge on any atom is 0.128 e. The van der Waals surface area contributed by atoms with E-state index in [1.807, 2.05) is 26.0 Å². The van der Waals surface area contributed by atoms with E-state index in [-0.39, 0.29) is 5.82 Å². The van der Waals surface area contributed by atoms with Gasteiger partial charge < -0.3 is 9.84 Å². The number of ether oxygens (including phenoxy) is 1. The van der Waals surface area contributed by atoms with Gasteiger partial charge in [0.2, 0.25) is 0 Å². The van der Waals surface area contributed by atoms with Crippen LogP contribution < -0.4 is 4.74 Å². The lowest BCUT2D eigenvalue weighted by atomic mass is 9.95. The molecule has 20 heavy (non-hydrogen) atoms. The van der Waals surface area contributed by atoms with Crippen LogP contribution in [0, 0.1) is 26.6 Å². The number of rotatable bonds is 3. The molecule has 0 bridgehead atoms. The summed E-state index contributed by atoms with van der Waals surface area (Å²) in [7, 11) is 1.59. The van der Waals surface area contributed by atoms with E-state index in [0.717, 1.165) is 11.1 Å². The van der Waals surface area contributed by atoms with Gasteiger partial charge in [0.1, 0.15) is 17.7 Å². The predicted octanol–water partition coefficient (Wildman–Crippen LogP) is 3.84. The molecule has 3 heteroatoms. The predicted molar refractivity (Wildman–Crippen MR) is 77.7 cm³/mol. The van der Waals surface area contributed by atoms with Crippen LogP contribution in [0.4, 0.5) is 4.39 Å². The van der Waals surface area contributed by atoms with E-state index in [1.165, 1.54) is 6.07 Å². The van der Waals surface area contributed by atoms with Gasteiger partial charge in [0, 0.05) is 5.56 Å². The van der Waals surface area contributed by atoms with Crippen LogP contribution in [0.15, 0.2) is 30.3 Å². The third kappa shape index (κ3) is 2.54. The Morgan fingerprint density at radius 3 is 2.35 bits per heavy atom. The molecule has 2 nitrogen and oxygen atoms in total. The summed E-state index contributed by atoms with van der Waals surface area (Å²) in [5.74, 6) is 0.410. The van der Waals surface area contributed by atoms with Gasteiger partial charge in [0.25, 0.3) is 0 Å². The Balaban J connectivity index is 2.50. The molecule has 1 unspecified atom stereocenters. The van der Waals surface area contributed by atoms with Crippen LogP contribution in [0.25, 0.3) is 0 Å². The van der Waals surface area contributed by atoms with Crippen LogP contribution in [0.5, 0.6) is 5.75 Å². The second-order valence-corrected chi connectivity index (χ2v) is 5.04. The summed E-state index contributed by atoms with van der Waals surface area (Å²) < 4.78 is 18.7. The van der Waals surface area contributed by atoms with Crippen LogP contribution in [0.1, 0.15) is 33.9 Å². The highest BCUT2D eigenvalue weighted by Crippen LogP contribution is 2.34. The Morgan fingerprint density at radius 1 is 1.05 bits per heavy atom. The molecule has 2 aromatic rings. The van der Waals surface area contributed by atoms with E-state index in [1.54, 1.807) is 26.2 Å². The normalized spacial score (nSPS) is 12.3. The Morgan fingerprint density at radius 2 is 1.75 bits per heavy atom. The third-order valence-corrected chi connectivity index (χ3v) is 3.70. The SMILES string of the molecule is COc1c(C(O)c2ccc(F)c(C)c2)ccc(C)c1C. The van der Waals surface area contributed by atoms with Crippen molar-refractivity contribution in [1.29, 1.82) is 0 Å². The lowest BCUT2D eigenvalue weighted by molar-refractivity contribution is 0.214. The van der Waals surface area contributed by atoms with Crippen molar-refractivity contribution < 1.29 is 14.2 Å². The smallest absolute Gasteiger partial charge is 0.128 e. The van der Waals surface area contributed by atoms with Gasteiger partial charge in [-0.2, -0.15) is 0 Å². The van der Waals surface area contributed by atoms with Gasteiger partial charge in [-0.3, -0.25) is 0 Å². The molecule has 0 aliphatic rings. The maximum atomic E-state index is 13.3. The molecular weight excluding hydrogens is 255 g/mol. The van der Waals surface area contributed by atoms with Crippen LogP contribution >= 0.6 is 0 Å². The van der Waals surface area contributed by atoms with Crippen LogP contribution in [-0.4, -0.2) is 12.2 Å². The number of hydrogen-bond acceptors (Lipinski definition) is 2. The van der Waals surface area contributed by atoms with Gasteiger partial charge >= 0.3 is 0 Å². The summed E-state index contributed by atoms with van der Waals surface area (Å²) in [5, 5.41) is 10.5. The number of benzene rings is 2. The first-order valence-electron chi connectivity index (χ1n) is 6.54. The average molecular weight is 274 g/mol. The van der Waals surface area contributed by atoms with Crippen molar-refractivity contribution in [3.63, 3.8) is 0 Å². The molecule has 2 rings (SSSR count). The van der Waals surface area contributed by atoms with Gasteiger partial charge in [-0.15, -0.1) is 0 Å². The van der Waals surface area contributed by atoms with E-state index in [9.17, 15) is 9.50 Å². The van der Waals surface area contributed by atoms with E-state index in [2.05, 4.69) is 0 Å². The molecule has 0 saturated heterocycles. The van der Waals surface area contributed by atoms with Crippen LogP contribution in [0.2, 0.25) is 0 Å². The summed E-state index contributed by atoms with van der Waals surface area (Å²) in [4.78, 5) is 0. The fraction of sp³-hybridized carbons (Fsp3) is 0.294. The van der Waals surface area contributed by atoms with Crippen LogP contribution in [-0.2, 0) is 0 Å². The monoisotopic (exact) mass is 274 g/mol. The number of methoxy groups -OCH3 is 1. The van der Waals surface area contributed by atoms with E-state index >= 15 is 0 Å². The number of aryl methyl sites for hydroxylation is 2. The second kappa shape index (κ2) is 5.63. The minimum Gasteiger partial charge on any atom is -0.496 e. The van der Waals surface area contributed by atoms with Crippen molar-refractivity contribution in [1.82, 2.24) is 0 Å². The summed E-state index contributed by atoms with van der Waals surface area (Å²) >= 11 is 0. The summed E-state index contributed by atoms with van der Waals surface area (Å²) in [6.07, 6.45) is -0.830. The van der Waals surface area contributed by atoms with Crippen molar-refractivity contribution in [2.45, 2.75) is 26.9 Å². The second-order valence-electron chi connectivity index (χ2n) is 5.04. The Kier molecular flexibility index (Phi) is 4.09. The fourth-order valence-corrected chi connectivity index (χ4v) is 2.31. The highest BCUT2D eigenvalue weighted by Gasteiger charge is 2.18. The zero-order valence-electron chi connectivity index (χ0n) is 12.2. The van der Waals surface area contributed by atoms with E-state index in [0.29, 0.717) is 22.4 Å². The number of halogens is 1. The molecule has 2 aromatic carbocycles. The first kappa shape index (κ1) is 14.5. The highest BCUT2D eigenvalue weighted by atomic mass is 19.1. The maximum absolute atomic E-state index is 13.3. The fourth-order valence-electron chi connectivity index (χ4n) is 2.31. The molecule has 0 heterocycles. The molecule has 0 fully saturated rings. The van der Waals surface area contributed by atoms with E-state index < -0.39 is 6.10 Å². The molecule has 0 saturated carbocycles. The Labute approximate surface area is 118 Å².